The highest BCUT2D eigenvalue weighted by Gasteiger charge is 2.22. The molecule has 0 radical (unpaired) electrons. The number of methoxy groups -OCH3 is 1. The van der Waals surface area contributed by atoms with Crippen LogP contribution in [0, 0.1) is 5.92 Å². The Labute approximate surface area is 114 Å². The van der Waals surface area contributed by atoms with Gasteiger partial charge in [-0.3, -0.25) is 9.59 Å². The molecule has 0 rings (SSSR count). The summed E-state index contributed by atoms with van der Waals surface area (Å²) < 4.78 is 9.63. The summed E-state index contributed by atoms with van der Waals surface area (Å²) in [5.41, 5.74) is 5.60. The van der Waals surface area contributed by atoms with Gasteiger partial charge in [0.05, 0.1) is 19.6 Å². The van der Waals surface area contributed by atoms with Crippen molar-refractivity contribution >= 4 is 24.6 Å². The maximum absolute atomic E-state index is 11.7. The first-order valence-corrected chi connectivity index (χ1v) is 6.80. The minimum atomic E-state index is -0.694. The lowest BCUT2D eigenvalue weighted by Crippen LogP contribution is -2.33. The number of esters is 2. The summed E-state index contributed by atoms with van der Waals surface area (Å²) in [6.07, 6.45) is 2.70. The second kappa shape index (κ2) is 10.2. The number of hydrogen-bond donors (Lipinski definition) is 2. The van der Waals surface area contributed by atoms with E-state index in [0.29, 0.717) is 25.2 Å². The van der Waals surface area contributed by atoms with Crippen molar-refractivity contribution < 1.29 is 19.1 Å². The zero-order valence-corrected chi connectivity index (χ0v) is 11.9. The molecule has 2 N–H and O–H groups in total. The highest BCUT2D eigenvalue weighted by molar-refractivity contribution is 7.80. The Morgan fingerprint density at radius 3 is 2.44 bits per heavy atom. The van der Waals surface area contributed by atoms with E-state index in [4.69, 9.17) is 10.5 Å². The van der Waals surface area contributed by atoms with Crippen molar-refractivity contribution in [2.24, 2.45) is 11.7 Å². The van der Waals surface area contributed by atoms with Crippen LogP contribution in [-0.4, -0.2) is 37.4 Å². The number of carbonyl (C=O) groups is 2. The number of hydrogen-bond acceptors (Lipinski definition) is 6. The lowest BCUT2D eigenvalue weighted by molar-refractivity contribution is -0.149. The molecule has 0 saturated heterocycles. The van der Waals surface area contributed by atoms with Crippen molar-refractivity contribution in [3.8, 4) is 0 Å². The van der Waals surface area contributed by atoms with Gasteiger partial charge in [-0.25, -0.2) is 0 Å². The van der Waals surface area contributed by atoms with E-state index in [1.54, 1.807) is 0 Å². The van der Waals surface area contributed by atoms with E-state index in [2.05, 4.69) is 17.4 Å². The molecule has 106 valence electrons. The lowest BCUT2D eigenvalue weighted by Gasteiger charge is -2.15. The summed E-state index contributed by atoms with van der Waals surface area (Å²) >= 11 is 4.12. The van der Waals surface area contributed by atoms with Gasteiger partial charge in [0.25, 0.3) is 0 Å². The first-order valence-electron chi connectivity index (χ1n) is 6.17. The highest BCUT2D eigenvalue weighted by Crippen LogP contribution is 2.13. The van der Waals surface area contributed by atoms with Crippen molar-refractivity contribution in [3.63, 3.8) is 0 Å². The third kappa shape index (κ3) is 6.86. The molecule has 0 aromatic rings. The monoisotopic (exact) mass is 277 g/mol. The predicted octanol–water partition coefficient (Wildman–Crippen LogP) is 1.16. The SMILES string of the molecule is CCCCOC(=O)C(CS)CCC(N)C(=O)OC. The average molecular weight is 277 g/mol. The van der Waals surface area contributed by atoms with E-state index < -0.39 is 12.0 Å². The summed E-state index contributed by atoms with van der Waals surface area (Å²) in [7, 11) is 1.29. The van der Waals surface area contributed by atoms with E-state index in [1.165, 1.54) is 7.11 Å². The van der Waals surface area contributed by atoms with Gasteiger partial charge in [0.2, 0.25) is 0 Å². The summed E-state index contributed by atoms with van der Waals surface area (Å²) in [4.78, 5) is 22.8. The van der Waals surface area contributed by atoms with Crippen molar-refractivity contribution in [1.29, 1.82) is 0 Å². The minimum Gasteiger partial charge on any atom is -0.468 e. The van der Waals surface area contributed by atoms with E-state index in [-0.39, 0.29) is 11.9 Å². The summed E-state index contributed by atoms with van der Waals surface area (Å²) in [5.74, 6) is -0.664. The minimum absolute atomic E-state index is 0.268. The molecule has 2 unspecified atom stereocenters. The maximum atomic E-state index is 11.7. The van der Waals surface area contributed by atoms with Crippen LogP contribution in [0.15, 0.2) is 0 Å². The van der Waals surface area contributed by atoms with Gasteiger partial charge in [-0.2, -0.15) is 12.6 Å². The van der Waals surface area contributed by atoms with Gasteiger partial charge in [0.15, 0.2) is 0 Å². The Balaban J connectivity index is 4.02. The van der Waals surface area contributed by atoms with Crippen LogP contribution in [0.4, 0.5) is 0 Å². The Morgan fingerprint density at radius 1 is 1.28 bits per heavy atom. The fourth-order valence-electron chi connectivity index (χ4n) is 1.37. The summed E-state index contributed by atoms with van der Waals surface area (Å²) in [5, 5.41) is 0. The Kier molecular flexibility index (Phi) is 9.77. The van der Waals surface area contributed by atoms with E-state index in [1.807, 2.05) is 6.92 Å². The van der Waals surface area contributed by atoms with Gasteiger partial charge in [-0.1, -0.05) is 13.3 Å². The normalized spacial score (nSPS) is 13.8. The number of unbranched alkanes of at least 4 members (excludes halogenated alkanes) is 1. The second-order valence-electron chi connectivity index (χ2n) is 4.11. The molecule has 0 amide bonds. The van der Waals surface area contributed by atoms with Crippen LogP contribution >= 0.6 is 12.6 Å². The molecule has 2 atom stereocenters. The molecule has 0 saturated carbocycles. The molecule has 0 aliphatic carbocycles. The fourth-order valence-corrected chi connectivity index (χ4v) is 1.70. The molecule has 5 nitrogen and oxygen atoms in total. The van der Waals surface area contributed by atoms with Crippen molar-refractivity contribution in [2.75, 3.05) is 19.5 Å². The predicted molar refractivity (Wildman–Crippen MR) is 72.4 cm³/mol. The molecule has 0 aromatic heterocycles. The van der Waals surface area contributed by atoms with Gasteiger partial charge in [-0.15, -0.1) is 0 Å². The fraction of sp³-hybridized carbons (Fsp3) is 0.833. The lowest BCUT2D eigenvalue weighted by atomic mass is 10.0. The van der Waals surface area contributed by atoms with Crippen LogP contribution in [0.5, 0.6) is 0 Å². The Morgan fingerprint density at radius 2 is 1.94 bits per heavy atom. The Bertz CT molecular complexity index is 260. The smallest absolute Gasteiger partial charge is 0.322 e. The molecule has 6 heteroatoms. The van der Waals surface area contributed by atoms with Gasteiger partial charge in [0.1, 0.15) is 6.04 Å². The van der Waals surface area contributed by atoms with Crippen LogP contribution in [-0.2, 0) is 19.1 Å². The van der Waals surface area contributed by atoms with E-state index in [9.17, 15) is 9.59 Å². The van der Waals surface area contributed by atoms with Gasteiger partial charge >= 0.3 is 11.9 Å². The number of rotatable bonds is 9. The van der Waals surface area contributed by atoms with Crippen LogP contribution in [0.2, 0.25) is 0 Å². The third-order valence-corrected chi connectivity index (χ3v) is 3.07. The molecule has 0 heterocycles. The molecule has 0 aliphatic rings. The maximum Gasteiger partial charge on any atom is 0.322 e. The molecule has 0 spiro atoms. The number of nitrogens with two attached hydrogens (primary N) is 1. The number of carbonyl (C=O) groups excluding carboxylic acids is 2. The molecule has 0 bridgehead atoms. The third-order valence-electron chi connectivity index (χ3n) is 2.63. The van der Waals surface area contributed by atoms with Crippen molar-refractivity contribution in [1.82, 2.24) is 0 Å². The molecule has 0 aromatic carbocycles. The van der Waals surface area contributed by atoms with E-state index >= 15 is 0 Å². The summed E-state index contributed by atoms with van der Waals surface area (Å²) in [6, 6.07) is -0.694. The van der Waals surface area contributed by atoms with Crippen LogP contribution in [0.1, 0.15) is 32.6 Å². The van der Waals surface area contributed by atoms with Crippen LogP contribution < -0.4 is 5.73 Å². The molecule has 0 fully saturated rings. The van der Waals surface area contributed by atoms with Crippen molar-refractivity contribution in [3.05, 3.63) is 0 Å². The van der Waals surface area contributed by atoms with Crippen LogP contribution in [0.25, 0.3) is 0 Å². The van der Waals surface area contributed by atoms with E-state index in [0.717, 1.165) is 12.8 Å². The standard InChI is InChI=1S/C12H23NO4S/c1-3-4-7-17-11(14)9(8-18)5-6-10(13)12(15)16-2/h9-10,18H,3-8,13H2,1-2H3. The highest BCUT2D eigenvalue weighted by atomic mass is 32.1. The first kappa shape index (κ1) is 17.2. The van der Waals surface area contributed by atoms with Gasteiger partial charge in [0, 0.05) is 5.75 Å². The zero-order chi connectivity index (χ0) is 14.0. The summed E-state index contributed by atoms with van der Waals surface area (Å²) in [6.45, 7) is 2.46. The molecule has 0 aliphatic heterocycles. The van der Waals surface area contributed by atoms with Crippen LogP contribution in [0.3, 0.4) is 0 Å². The largest absolute Gasteiger partial charge is 0.468 e. The number of thiol groups is 1. The number of ether oxygens (including phenoxy) is 2. The van der Waals surface area contributed by atoms with Gasteiger partial charge < -0.3 is 15.2 Å². The topological polar surface area (TPSA) is 78.6 Å². The molecule has 18 heavy (non-hydrogen) atoms. The average Bonchev–Trinajstić information content (AvgIpc) is 2.38. The first-order chi connectivity index (χ1) is 8.56. The van der Waals surface area contributed by atoms with Crippen molar-refractivity contribution in [2.45, 2.75) is 38.6 Å². The Hall–Kier alpha value is -0.750. The quantitative estimate of drug-likeness (QED) is 0.375. The molecular weight excluding hydrogens is 254 g/mol. The zero-order valence-electron chi connectivity index (χ0n) is 11.1. The van der Waals surface area contributed by atoms with Gasteiger partial charge in [-0.05, 0) is 19.3 Å². The second-order valence-corrected chi connectivity index (χ2v) is 4.47. The molecular formula is C12H23NO4S.